The lowest BCUT2D eigenvalue weighted by Gasteiger charge is -2.25. The molecule has 0 aliphatic carbocycles. The zero-order valence-corrected chi connectivity index (χ0v) is 24.1. The predicted octanol–water partition coefficient (Wildman–Crippen LogP) is 3.59. The molecule has 0 aliphatic rings. The molecule has 2 N–H and O–H groups in total. The van der Waals surface area contributed by atoms with Gasteiger partial charge >= 0.3 is 0 Å². The average Bonchev–Trinajstić information content (AvgIpc) is 3.22. The summed E-state index contributed by atoms with van der Waals surface area (Å²) in [5.41, 5.74) is 2.46. The number of carbonyl (C=O) groups is 2. The number of unbranched alkanes of at least 4 members (excludes halogenated alkanes) is 1. The van der Waals surface area contributed by atoms with Crippen LogP contribution in [0.15, 0.2) is 54.6 Å². The topological polar surface area (TPSA) is 128 Å². The smallest absolute Gasteiger partial charge is 0.239 e. The number of nitrogens with zero attached hydrogens (tertiary/aromatic N) is 3. The van der Waals surface area contributed by atoms with Crippen LogP contribution in [0.1, 0.15) is 48.8 Å². The fourth-order valence-corrected chi connectivity index (χ4v) is 5.16. The quantitative estimate of drug-likeness (QED) is 0.194. The lowest BCUT2D eigenvalue weighted by atomic mass is 10.1. The number of benzene rings is 2. The SMILES string of the molecule is CCCCc1nc(Cl)c(CO)n1Cc1ccc(N(C(=O)CCNC(=O)C(S)Cc2ccccc2)S(=O)[O-])cc1. The molecule has 2 amide bonds. The standard InChI is InChI=1S/C27H33ClN4O5S2/c1-2-3-9-24-30-26(28)22(18-33)31(24)17-20-10-12-21(13-11-20)32(39(36)37)25(34)14-15-29-27(35)23(38)16-19-7-5-4-6-8-19/h4-8,10-13,23,33,38H,2-3,9,14-18H2,1H3,(H,29,35)(H,36,37)/p-1. The largest absolute Gasteiger partial charge is 0.755 e. The molecule has 2 unspecified atom stereocenters. The molecule has 0 saturated carbocycles. The molecule has 2 aromatic carbocycles. The van der Waals surface area contributed by atoms with Crippen LogP contribution in [0.25, 0.3) is 0 Å². The van der Waals surface area contributed by atoms with E-state index in [1.54, 1.807) is 12.1 Å². The van der Waals surface area contributed by atoms with E-state index in [0.29, 0.717) is 29.4 Å². The molecule has 12 heteroatoms. The van der Waals surface area contributed by atoms with Gasteiger partial charge in [0.2, 0.25) is 11.8 Å². The zero-order valence-electron chi connectivity index (χ0n) is 21.6. The summed E-state index contributed by atoms with van der Waals surface area (Å²) in [6.07, 6.45) is 2.84. The highest BCUT2D eigenvalue weighted by molar-refractivity contribution is 7.82. The summed E-state index contributed by atoms with van der Waals surface area (Å²) in [4.78, 5) is 29.5. The third-order valence-corrected chi connectivity index (χ3v) is 7.54. The molecule has 210 valence electrons. The Morgan fingerprint density at radius 3 is 2.49 bits per heavy atom. The van der Waals surface area contributed by atoms with Crippen LogP contribution < -0.4 is 9.62 Å². The second-order valence-corrected chi connectivity index (χ2v) is 10.7. The van der Waals surface area contributed by atoms with E-state index in [1.165, 1.54) is 12.1 Å². The van der Waals surface area contributed by atoms with Crippen LogP contribution in [0.2, 0.25) is 5.15 Å². The summed E-state index contributed by atoms with van der Waals surface area (Å²) in [5.74, 6) is -0.253. The van der Waals surface area contributed by atoms with E-state index in [2.05, 4.69) is 29.9 Å². The summed E-state index contributed by atoms with van der Waals surface area (Å²) < 4.78 is 26.3. The molecule has 39 heavy (non-hydrogen) atoms. The number of hydrogen-bond donors (Lipinski definition) is 3. The summed E-state index contributed by atoms with van der Waals surface area (Å²) in [6.45, 7) is 2.17. The summed E-state index contributed by atoms with van der Waals surface area (Å²) in [7, 11) is 0. The van der Waals surface area contributed by atoms with Gasteiger partial charge in [-0.05, 0) is 36.1 Å². The molecule has 2 atom stereocenters. The first kappa shape index (κ1) is 30.8. The maximum atomic E-state index is 12.7. The highest BCUT2D eigenvalue weighted by Crippen LogP contribution is 2.23. The first-order chi connectivity index (χ1) is 18.7. The monoisotopic (exact) mass is 591 g/mol. The van der Waals surface area contributed by atoms with Crippen LogP contribution in [-0.4, -0.2) is 47.0 Å². The van der Waals surface area contributed by atoms with Crippen LogP contribution in [0.3, 0.4) is 0 Å². The summed E-state index contributed by atoms with van der Waals surface area (Å²) >= 11 is 7.70. The lowest BCUT2D eigenvalue weighted by molar-refractivity contribution is -0.120. The number of aryl methyl sites for hydroxylation is 1. The molecule has 0 bridgehead atoms. The third-order valence-electron chi connectivity index (χ3n) is 6.11. The van der Waals surface area contributed by atoms with Gasteiger partial charge in [0.05, 0.1) is 34.5 Å². The maximum Gasteiger partial charge on any atom is 0.239 e. The van der Waals surface area contributed by atoms with Crippen LogP contribution >= 0.6 is 24.2 Å². The lowest BCUT2D eigenvalue weighted by Crippen LogP contribution is -2.38. The van der Waals surface area contributed by atoms with Gasteiger partial charge in [0.15, 0.2) is 5.15 Å². The molecular weight excluding hydrogens is 560 g/mol. The first-order valence-electron chi connectivity index (χ1n) is 12.6. The maximum absolute atomic E-state index is 12.7. The highest BCUT2D eigenvalue weighted by Gasteiger charge is 2.20. The van der Waals surface area contributed by atoms with Crippen molar-refractivity contribution in [3.05, 3.63) is 82.4 Å². The Morgan fingerprint density at radius 1 is 1.18 bits per heavy atom. The van der Waals surface area contributed by atoms with Gasteiger partial charge in [-0.2, -0.15) is 12.6 Å². The number of thiol groups is 1. The van der Waals surface area contributed by atoms with Crippen LogP contribution in [0.5, 0.6) is 0 Å². The number of amides is 2. The first-order valence-corrected chi connectivity index (χ1v) is 14.5. The molecule has 0 spiro atoms. The van der Waals surface area contributed by atoms with E-state index >= 15 is 0 Å². The van der Waals surface area contributed by atoms with Crippen molar-refractivity contribution in [3.63, 3.8) is 0 Å². The number of aliphatic hydroxyl groups excluding tert-OH is 1. The zero-order chi connectivity index (χ0) is 28.4. The van der Waals surface area contributed by atoms with Gasteiger partial charge < -0.3 is 19.5 Å². The van der Waals surface area contributed by atoms with Gasteiger partial charge in [-0.15, -0.1) is 0 Å². The van der Waals surface area contributed by atoms with Gasteiger partial charge in [0, 0.05) is 25.9 Å². The van der Waals surface area contributed by atoms with Crippen molar-refractivity contribution in [3.8, 4) is 0 Å². The fourth-order valence-electron chi connectivity index (χ4n) is 4.04. The molecule has 0 aliphatic heterocycles. The third kappa shape index (κ3) is 8.64. The molecular formula is C27H32ClN4O5S2-. The number of anilines is 1. The second kappa shape index (κ2) is 15.2. The molecule has 0 radical (unpaired) electrons. The number of rotatable bonds is 14. The van der Waals surface area contributed by atoms with Crippen molar-refractivity contribution >= 4 is 53.0 Å². The highest BCUT2D eigenvalue weighted by atomic mass is 35.5. The van der Waals surface area contributed by atoms with Crippen LogP contribution in [0, 0.1) is 0 Å². The number of halogens is 1. The van der Waals surface area contributed by atoms with Crippen LogP contribution in [-0.2, 0) is 46.8 Å². The molecule has 0 saturated heterocycles. The minimum atomic E-state index is -2.85. The van der Waals surface area contributed by atoms with Crippen molar-refractivity contribution in [1.82, 2.24) is 14.9 Å². The Kier molecular flexibility index (Phi) is 12.0. The molecule has 9 nitrogen and oxygen atoms in total. The van der Waals surface area contributed by atoms with Crippen LogP contribution in [0.4, 0.5) is 5.69 Å². The predicted molar refractivity (Wildman–Crippen MR) is 154 cm³/mol. The second-order valence-electron chi connectivity index (χ2n) is 8.93. The van der Waals surface area contributed by atoms with E-state index in [4.69, 9.17) is 11.6 Å². The van der Waals surface area contributed by atoms with Crippen molar-refractivity contribution in [2.24, 2.45) is 0 Å². The van der Waals surface area contributed by atoms with Gasteiger partial charge in [-0.25, -0.2) is 9.29 Å². The van der Waals surface area contributed by atoms with E-state index in [-0.39, 0.29) is 36.3 Å². The Labute approximate surface area is 241 Å². The van der Waals surface area contributed by atoms with E-state index in [1.807, 2.05) is 34.9 Å². The number of aromatic nitrogens is 2. The normalized spacial score (nSPS) is 12.6. The Balaban J connectivity index is 1.61. The molecule has 3 aromatic rings. The number of carbonyl (C=O) groups excluding carboxylic acids is 2. The molecule has 0 fully saturated rings. The molecule has 1 heterocycles. The average molecular weight is 592 g/mol. The van der Waals surface area contributed by atoms with E-state index in [0.717, 1.165) is 29.8 Å². The van der Waals surface area contributed by atoms with Gasteiger partial charge in [0.25, 0.3) is 0 Å². The van der Waals surface area contributed by atoms with Crippen molar-refractivity contribution in [1.29, 1.82) is 0 Å². The Hall–Kier alpha value is -2.70. The van der Waals surface area contributed by atoms with Crippen molar-refractivity contribution in [2.45, 2.75) is 57.4 Å². The van der Waals surface area contributed by atoms with E-state index < -0.39 is 22.4 Å². The van der Waals surface area contributed by atoms with Gasteiger partial charge in [-0.1, -0.05) is 67.4 Å². The minimum absolute atomic E-state index is 0.0266. The number of aliphatic hydroxyl groups is 1. The van der Waals surface area contributed by atoms with Crippen molar-refractivity contribution < 1.29 is 23.5 Å². The Morgan fingerprint density at radius 2 is 1.87 bits per heavy atom. The number of nitrogens with one attached hydrogen (secondary N) is 1. The van der Waals surface area contributed by atoms with Gasteiger partial charge in [-0.3, -0.25) is 13.8 Å². The fraction of sp³-hybridized carbons (Fsp3) is 0.370. The number of hydrogen-bond acceptors (Lipinski definition) is 7. The Bertz CT molecular complexity index is 1270. The van der Waals surface area contributed by atoms with Gasteiger partial charge in [0.1, 0.15) is 5.82 Å². The molecule has 1 aromatic heterocycles. The summed E-state index contributed by atoms with van der Waals surface area (Å²) in [6, 6.07) is 15.9. The summed E-state index contributed by atoms with van der Waals surface area (Å²) in [5, 5.41) is 12.1. The van der Waals surface area contributed by atoms with E-state index in [9.17, 15) is 23.5 Å². The molecule has 3 rings (SSSR count). The number of imidazole rings is 1. The van der Waals surface area contributed by atoms with Crippen molar-refractivity contribution in [2.75, 3.05) is 10.8 Å². The minimum Gasteiger partial charge on any atom is -0.755 e.